The van der Waals surface area contributed by atoms with Crippen LogP contribution in [0.5, 0.6) is 0 Å². The third-order valence-electron chi connectivity index (χ3n) is 4.95. The van der Waals surface area contributed by atoms with Crippen molar-refractivity contribution in [1.82, 2.24) is 10.2 Å². The number of benzene rings is 1. The van der Waals surface area contributed by atoms with Gasteiger partial charge in [0.25, 0.3) is 0 Å². The van der Waals surface area contributed by atoms with Crippen molar-refractivity contribution in [2.24, 2.45) is 5.92 Å². The van der Waals surface area contributed by atoms with Crippen LogP contribution >= 0.6 is 0 Å². The van der Waals surface area contributed by atoms with Crippen molar-refractivity contribution < 1.29 is 19.4 Å². The molecule has 2 aliphatic rings. The molecule has 6 heteroatoms. The first-order chi connectivity index (χ1) is 12.1. The number of nitrogens with one attached hydrogen (secondary N) is 1. The van der Waals surface area contributed by atoms with Gasteiger partial charge in [-0.25, -0.2) is 4.79 Å². The molecule has 136 valence electrons. The monoisotopic (exact) mass is 346 g/mol. The Morgan fingerprint density at radius 2 is 2.04 bits per heavy atom. The quantitative estimate of drug-likeness (QED) is 0.794. The fraction of sp³-hybridized carbons (Fsp3) is 0.579. The van der Waals surface area contributed by atoms with Crippen LogP contribution in [0.3, 0.4) is 0 Å². The van der Waals surface area contributed by atoms with Gasteiger partial charge in [-0.15, -0.1) is 0 Å². The van der Waals surface area contributed by atoms with Gasteiger partial charge < -0.3 is 20.1 Å². The van der Waals surface area contributed by atoms with Gasteiger partial charge in [-0.3, -0.25) is 4.79 Å². The molecule has 6 nitrogen and oxygen atoms in total. The Labute approximate surface area is 148 Å². The molecule has 0 bridgehead atoms. The molecule has 2 N–H and O–H groups in total. The highest BCUT2D eigenvalue weighted by Crippen LogP contribution is 2.36. The summed E-state index contributed by atoms with van der Waals surface area (Å²) in [6.07, 6.45) is 3.42. The third-order valence-corrected chi connectivity index (χ3v) is 4.95. The Kier molecular flexibility index (Phi) is 5.91. The van der Waals surface area contributed by atoms with E-state index in [1.54, 1.807) is 0 Å². The van der Waals surface area contributed by atoms with E-state index in [1.807, 2.05) is 35.2 Å². The molecule has 2 unspecified atom stereocenters. The smallest absolute Gasteiger partial charge is 0.318 e. The number of carbonyl (C=O) groups is 2. The van der Waals surface area contributed by atoms with Crippen LogP contribution in [0.4, 0.5) is 4.79 Å². The fourth-order valence-corrected chi connectivity index (χ4v) is 3.43. The van der Waals surface area contributed by atoms with E-state index in [0.29, 0.717) is 38.5 Å². The van der Waals surface area contributed by atoms with Gasteiger partial charge >= 0.3 is 12.0 Å². The summed E-state index contributed by atoms with van der Waals surface area (Å²) < 4.78 is 5.54. The Hall–Kier alpha value is -2.08. The number of carbonyl (C=O) groups excluding carboxylic acids is 1. The van der Waals surface area contributed by atoms with E-state index in [9.17, 15) is 9.59 Å². The molecule has 1 aliphatic heterocycles. The van der Waals surface area contributed by atoms with Crippen LogP contribution in [-0.2, 0) is 16.0 Å². The number of nitrogens with zero attached hydrogens (tertiary/aromatic N) is 1. The number of rotatable bonds is 7. The Balaban J connectivity index is 1.63. The van der Waals surface area contributed by atoms with Crippen molar-refractivity contribution in [1.29, 1.82) is 0 Å². The van der Waals surface area contributed by atoms with Gasteiger partial charge in [-0.05, 0) is 37.2 Å². The molecule has 0 spiro atoms. The summed E-state index contributed by atoms with van der Waals surface area (Å²) in [5, 5.41) is 12.1. The van der Waals surface area contributed by atoms with Gasteiger partial charge in [0.15, 0.2) is 0 Å². The van der Waals surface area contributed by atoms with Crippen molar-refractivity contribution in [3.8, 4) is 0 Å². The van der Waals surface area contributed by atoms with Gasteiger partial charge in [0.2, 0.25) is 0 Å². The molecule has 1 aliphatic carbocycles. The highest BCUT2D eigenvalue weighted by Gasteiger charge is 2.39. The minimum absolute atomic E-state index is 0.0486. The van der Waals surface area contributed by atoms with Gasteiger partial charge in [-0.2, -0.15) is 0 Å². The maximum Gasteiger partial charge on any atom is 0.318 e. The summed E-state index contributed by atoms with van der Waals surface area (Å²) in [6, 6.07) is 9.74. The molecule has 1 aromatic carbocycles. The molecule has 1 aromatic rings. The number of carboxylic acids is 1. The molecule has 1 saturated carbocycles. The van der Waals surface area contributed by atoms with Gasteiger partial charge in [0.1, 0.15) is 0 Å². The summed E-state index contributed by atoms with van der Waals surface area (Å²) in [5.74, 6) is -0.285. The van der Waals surface area contributed by atoms with Crippen molar-refractivity contribution >= 4 is 12.0 Å². The molecule has 3 rings (SSSR count). The summed E-state index contributed by atoms with van der Waals surface area (Å²) in [7, 11) is 0. The summed E-state index contributed by atoms with van der Waals surface area (Å²) in [5.41, 5.74) is 1.10. The lowest BCUT2D eigenvalue weighted by molar-refractivity contribution is -0.137. The summed E-state index contributed by atoms with van der Waals surface area (Å²) in [6.45, 7) is 1.77. The second kappa shape index (κ2) is 8.34. The molecule has 25 heavy (non-hydrogen) atoms. The largest absolute Gasteiger partial charge is 0.481 e. The zero-order valence-corrected chi connectivity index (χ0v) is 14.4. The maximum absolute atomic E-state index is 12.8. The van der Waals surface area contributed by atoms with Crippen LogP contribution in [0.2, 0.25) is 0 Å². The van der Waals surface area contributed by atoms with Crippen LogP contribution in [-0.4, -0.2) is 53.8 Å². The average molecular weight is 346 g/mol. The van der Waals surface area contributed by atoms with E-state index >= 15 is 0 Å². The molecule has 2 amide bonds. The predicted octanol–water partition coefficient (Wildman–Crippen LogP) is 2.28. The van der Waals surface area contributed by atoms with Crippen molar-refractivity contribution in [2.75, 3.05) is 19.8 Å². The standard InChI is InChI=1S/C19H26N2O4/c22-18(23)9-8-16(12-14-4-2-1-3-5-14)20-19(24)21-10-11-25-13-17(21)15-6-7-15/h1-5,15-17H,6-13H2,(H,20,24)(H,22,23). The minimum atomic E-state index is -0.838. The van der Waals surface area contributed by atoms with Gasteiger partial charge in [0, 0.05) is 19.0 Å². The van der Waals surface area contributed by atoms with Gasteiger partial charge in [0.05, 0.1) is 19.3 Å². The number of aliphatic carboxylic acids is 1. The predicted molar refractivity (Wildman–Crippen MR) is 93.4 cm³/mol. The lowest BCUT2D eigenvalue weighted by Crippen LogP contribution is -2.55. The number of urea groups is 1. The number of ether oxygens (including phenoxy) is 1. The Morgan fingerprint density at radius 3 is 2.72 bits per heavy atom. The summed E-state index contributed by atoms with van der Waals surface area (Å²) >= 11 is 0. The number of morpholine rings is 1. The Morgan fingerprint density at radius 1 is 1.28 bits per heavy atom. The van der Waals surface area contributed by atoms with Crippen LogP contribution < -0.4 is 5.32 Å². The molecule has 2 fully saturated rings. The number of amides is 2. The zero-order chi connectivity index (χ0) is 17.6. The molecular formula is C19H26N2O4. The number of hydrogen-bond donors (Lipinski definition) is 2. The van der Waals surface area contributed by atoms with Crippen molar-refractivity contribution in [3.63, 3.8) is 0 Å². The van der Waals surface area contributed by atoms with Crippen LogP contribution in [0.1, 0.15) is 31.2 Å². The molecule has 0 aromatic heterocycles. The second-order valence-corrected chi connectivity index (χ2v) is 6.94. The van der Waals surface area contributed by atoms with E-state index in [0.717, 1.165) is 18.4 Å². The van der Waals surface area contributed by atoms with Crippen molar-refractivity contribution in [2.45, 2.75) is 44.2 Å². The molecule has 0 radical (unpaired) electrons. The van der Waals surface area contributed by atoms with E-state index in [4.69, 9.17) is 9.84 Å². The molecule has 1 heterocycles. The fourth-order valence-electron chi connectivity index (χ4n) is 3.43. The van der Waals surface area contributed by atoms with Crippen molar-refractivity contribution in [3.05, 3.63) is 35.9 Å². The number of carboxylic acid groups (broad SMARTS) is 1. The van der Waals surface area contributed by atoms with Crippen LogP contribution in [0.25, 0.3) is 0 Å². The van der Waals surface area contributed by atoms with E-state index in [1.165, 1.54) is 0 Å². The van der Waals surface area contributed by atoms with E-state index in [-0.39, 0.29) is 24.5 Å². The highest BCUT2D eigenvalue weighted by atomic mass is 16.5. The van der Waals surface area contributed by atoms with Crippen LogP contribution in [0, 0.1) is 5.92 Å². The maximum atomic E-state index is 12.8. The molecule has 1 saturated heterocycles. The molecular weight excluding hydrogens is 320 g/mol. The first-order valence-electron chi connectivity index (χ1n) is 9.04. The highest BCUT2D eigenvalue weighted by molar-refractivity contribution is 5.75. The SMILES string of the molecule is O=C(O)CCC(Cc1ccccc1)NC(=O)N1CCOCC1C1CC1. The minimum Gasteiger partial charge on any atom is -0.481 e. The number of hydrogen-bond acceptors (Lipinski definition) is 3. The Bertz CT molecular complexity index is 588. The first-order valence-corrected chi connectivity index (χ1v) is 9.04. The topological polar surface area (TPSA) is 78.9 Å². The van der Waals surface area contributed by atoms with Gasteiger partial charge in [-0.1, -0.05) is 30.3 Å². The normalized spacial score (nSPS) is 21.6. The lowest BCUT2D eigenvalue weighted by atomic mass is 10.0. The third kappa shape index (κ3) is 5.19. The zero-order valence-electron chi connectivity index (χ0n) is 14.4. The summed E-state index contributed by atoms with van der Waals surface area (Å²) in [4.78, 5) is 25.6. The first kappa shape index (κ1) is 17.7. The average Bonchev–Trinajstić information content (AvgIpc) is 3.45. The van der Waals surface area contributed by atoms with E-state index < -0.39 is 5.97 Å². The molecule has 2 atom stereocenters. The lowest BCUT2D eigenvalue weighted by Gasteiger charge is -2.37. The second-order valence-electron chi connectivity index (χ2n) is 6.94. The van der Waals surface area contributed by atoms with Crippen LogP contribution in [0.15, 0.2) is 30.3 Å². The van der Waals surface area contributed by atoms with E-state index in [2.05, 4.69) is 5.32 Å².